The lowest BCUT2D eigenvalue weighted by Crippen LogP contribution is -2.42. The van der Waals surface area contributed by atoms with Gasteiger partial charge in [-0.25, -0.2) is 0 Å². The molecule has 0 aliphatic carbocycles. The summed E-state index contributed by atoms with van der Waals surface area (Å²) in [6.45, 7) is 1.93. The second kappa shape index (κ2) is 6.25. The number of rotatable bonds is 3. The largest absolute Gasteiger partial charge is 0.356 e. The highest BCUT2D eigenvalue weighted by Crippen LogP contribution is 2.09. The molecule has 3 N–H and O–H groups in total. The standard InChI is InChI=1S/C14H14ClN3O2/c1-9-4-2-3-5-10(9)6-13(19)17-18-14(20)12-7-11(15)8-16-12/h2-5,7-8,16H,6H2,1H3,(H,17,19)(H,18,20). The number of hydrogen-bond acceptors (Lipinski definition) is 2. The molecule has 0 aliphatic rings. The highest BCUT2D eigenvalue weighted by Gasteiger charge is 2.10. The first kappa shape index (κ1) is 14.1. The number of aryl methyl sites for hydroxylation is 1. The summed E-state index contributed by atoms with van der Waals surface area (Å²) >= 11 is 5.69. The topological polar surface area (TPSA) is 74.0 Å². The molecule has 0 bridgehead atoms. The number of carbonyl (C=O) groups excluding carboxylic acids is 2. The predicted molar refractivity (Wildman–Crippen MR) is 76.3 cm³/mol. The lowest BCUT2D eigenvalue weighted by atomic mass is 10.1. The lowest BCUT2D eigenvalue weighted by molar-refractivity contribution is -0.121. The van der Waals surface area contributed by atoms with Crippen LogP contribution in [0.2, 0.25) is 5.02 Å². The Kier molecular flexibility index (Phi) is 4.42. The van der Waals surface area contributed by atoms with E-state index in [2.05, 4.69) is 15.8 Å². The number of amides is 2. The van der Waals surface area contributed by atoms with Crippen LogP contribution in [0.1, 0.15) is 21.6 Å². The van der Waals surface area contributed by atoms with Crippen molar-refractivity contribution in [3.8, 4) is 0 Å². The minimum absolute atomic E-state index is 0.207. The molecular formula is C14H14ClN3O2. The molecule has 0 atom stereocenters. The van der Waals surface area contributed by atoms with Crippen molar-refractivity contribution in [1.29, 1.82) is 0 Å². The van der Waals surface area contributed by atoms with Crippen LogP contribution in [-0.4, -0.2) is 16.8 Å². The van der Waals surface area contributed by atoms with E-state index in [4.69, 9.17) is 11.6 Å². The van der Waals surface area contributed by atoms with Gasteiger partial charge in [0.25, 0.3) is 5.91 Å². The van der Waals surface area contributed by atoms with Crippen LogP contribution in [0.15, 0.2) is 36.5 Å². The van der Waals surface area contributed by atoms with Gasteiger partial charge >= 0.3 is 0 Å². The molecule has 0 unspecified atom stereocenters. The lowest BCUT2D eigenvalue weighted by Gasteiger charge is -2.08. The molecule has 0 saturated carbocycles. The second-order valence-corrected chi connectivity index (χ2v) is 4.77. The van der Waals surface area contributed by atoms with Crippen molar-refractivity contribution in [3.05, 3.63) is 58.4 Å². The first-order chi connectivity index (χ1) is 9.56. The average Bonchev–Trinajstić information content (AvgIpc) is 2.85. The molecule has 1 aromatic heterocycles. The molecule has 2 rings (SSSR count). The van der Waals surface area contributed by atoms with Crippen LogP contribution >= 0.6 is 11.6 Å². The summed E-state index contributed by atoms with van der Waals surface area (Å²) in [7, 11) is 0. The smallest absolute Gasteiger partial charge is 0.286 e. The van der Waals surface area contributed by atoms with Crippen molar-refractivity contribution in [3.63, 3.8) is 0 Å². The minimum Gasteiger partial charge on any atom is -0.356 e. The Bertz CT molecular complexity index is 637. The molecule has 0 spiro atoms. The van der Waals surface area contributed by atoms with Crippen LogP contribution in [-0.2, 0) is 11.2 Å². The maximum atomic E-state index is 11.7. The molecule has 0 fully saturated rings. The van der Waals surface area contributed by atoms with Crippen LogP contribution in [0.4, 0.5) is 0 Å². The third-order valence-electron chi connectivity index (χ3n) is 2.82. The van der Waals surface area contributed by atoms with Crippen LogP contribution in [0.5, 0.6) is 0 Å². The number of carbonyl (C=O) groups is 2. The van der Waals surface area contributed by atoms with Gasteiger partial charge in [-0.05, 0) is 24.1 Å². The fourth-order valence-electron chi connectivity index (χ4n) is 1.72. The predicted octanol–water partition coefficient (Wildman–Crippen LogP) is 1.98. The quantitative estimate of drug-likeness (QED) is 0.757. The van der Waals surface area contributed by atoms with Gasteiger partial charge in [-0.15, -0.1) is 0 Å². The van der Waals surface area contributed by atoms with Crippen molar-refractivity contribution in [2.24, 2.45) is 0 Å². The van der Waals surface area contributed by atoms with E-state index in [1.807, 2.05) is 31.2 Å². The van der Waals surface area contributed by atoms with Crippen LogP contribution in [0, 0.1) is 6.92 Å². The summed E-state index contributed by atoms with van der Waals surface area (Å²) in [5, 5.41) is 0.432. The molecule has 0 saturated heterocycles. The molecule has 6 heteroatoms. The van der Waals surface area contributed by atoms with Crippen LogP contribution in [0.3, 0.4) is 0 Å². The highest BCUT2D eigenvalue weighted by molar-refractivity contribution is 6.30. The van der Waals surface area contributed by atoms with Gasteiger partial charge < -0.3 is 4.98 Å². The molecule has 0 aliphatic heterocycles. The Balaban J connectivity index is 1.87. The number of halogens is 1. The fraction of sp³-hybridized carbons (Fsp3) is 0.143. The summed E-state index contributed by atoms with van der Waals surface area (Å²) in [6.07, 6.45) is 1.70. The normalized spacial score (nSPS) is 10.1. The van der Waals surface area contributed by atoms with E-state index in [1.165, 1.54) is 12.3 Å². The zero-order valence-corrected chi connectivity index (χ0v) is 11.6. The summed E-state index contributed by atoms with van der Waals surface area (Å²) in [6, 6.07) is 9.07. The van der Waals surface area contributed by atoms with E-state index in [0.29, 0.717) is 5.02 Å². The Labute approximate surface area is 121 Å². The molecule has 20 heavy (non-hydrogen) atoms. The van der Waals surface area contributed by atoms with Crippen LogP contribution < -0.4 is 10.9 Å². The van der Waals surface area contributed by atoms with Gasteiger partial charge in [-0.3, -0.25) is 20.4 Å². The molecule has 1 heterocycles. The fourth-order valence-corrected chi connectivity index (χ4v) is 1.88. The second-order valence-electron chi connectivity index (χ2n) is 4.34. The number of nitrogens with one attached hydrogen (secondary N) is 3. The SMILES string of the molecule is Cc1ccccc1CC(=O)NNC(=O)c1cc(Cl)c[nH]1. The molecule has 2 amide bonds. The maximum absolute atomic E-state index is 11.7. The number of H-pyrrole nitrogens is 1. The number of aromatic amines is 1. The minimum atomic E-state index is -0.449. The molecule has 2 aromatic rings. The van der Waals surface area contributed by atoms with Gasteiger partial charge in [-0.2, -0.15) is 0 Å². The van der Waals surface area contributed by atoms with Gasteiger partial charge in [0.15, 0.2) is 0 Å². The summed E-state index contributed by atoms with van der Waals surface area (Å²) in [5.74, 6) is -0.736. The Morgan fingerprint density at radius 3 is 2.65 bits per heavy atom. The molecule has 5 nitrogen and oxygen atoms in total. The van der Waals surface area contributed by atoms with Crippen molar-refractivity contribution in [2.45, 2.75) is 13.3 Å². The molecular weight excluding hydrogens is 278 g/mol. The molecule has 0 radical (unpaired) electrons. The first-order valence-electron chi connectivity index (χ1n) is 6.04. The molecule has 104 valence electrons. The Morgan fingerprint density at radius 2 is 2.00 bits per heavy atom. The maximum Gasteiger partial charge on any atom is 0.286 e. The Morgan fingerprint density at radius 1 is 1.25 bits per heavy atom. The number of benzene rings is 1. The van der Waals surface area contributed by atoms with Gasteiger partial charge in [0.1, 0.15) is 5.69 Å². The zero-order valence-electron chi connectivity index (χ0n) is 10.9. The van der Waals surface area contributed by atoms with Gasteiger partial charge in [0.05, 0.1) is 11.4 Å². The van der Waals surface area contributed by atoms with E-state index < -0.39 is 5.91 Å². The van der Waals surface area contributed by atoms with E-state index >= 15 is 0 Å². The summed E-state index contributed by atoms with van der Waals surface area (Å²) in [5.41, 5.74) is 6.92. The zero-order chi connectivity index (χ0) is 14.5. The third kappa shape index (κ3) is 3.61. The van der Waals surface area contributed by atoms with E-state index in [9.17, 15) is 9.59 Å². The van der Waals surface area contributed by atoms with Gasteiger partial charge in [0, 0.05) is 6.20 Å². The van der Waals surface area contributed by atoms with E-state index in [-0.39, 0.29) is 18.0 Å². The first-order valence-corrected chi connectivity index (χ1v) is 6.41. The highest BCUT2D eigenvalue weighted by atomic mass is 35.5. The van der Waals surface area contributed by atoms with Gasteiger partial charge in [0.2, 0.25) is 5.91 Å². The van der Waals surface area contributed by atoms with E-state index in [1.54, 1.807) is 0 Å². The number of hydrogen-bond donors (Lipinski definition) is 3. The van der Waals surface area contributed by atoms with E-state index in [0.717, 1.165) is 11.1 Å². The summed E-state index contributed by atoms with van der Waals surface area (Å²) in [4.78, 5) is 26.1. The monoisotopic (exact) mass is 291 g/mol. The van der Waals surface area contributed by atoms with Crippen molar-refractivity contribution >= 4 is 23.4 Å². The number of aromatic nitrogens is 1. The third-order valence-corrected chi connectivity index (χ3v) is 3.04. The van der Waals surface area contributed by atoms with Crippen molar-refractivity contribution in [2.75, 3.05) is 0 Å². The van der Waals surface area contributed by atoms with Crippen molar-refractivity contribution < 1.29 is 9.59 Å². The summed E-state index contributed by atoms with van der Waals surface area (Å²) < 4.78 is 0. The Hall–Kier alpha value is -2.27. The van der Waals surface area contributed by atoms with Crippen LogP contribution in [0.25, 0.3) is 0 Å². The number of hydrazine groups is 1. The van der Waals surface area contributed by atoms with Gasteiger partial charge in [-0.1, -0.05) is 35.9 Å². The van der Waals surface area contributed by atoms with Crippen molar-refractivity contribution in [1.82, 2.24) is 15.8 Å². The average molecular weight is 292 g/mol. The molecule has 1 aromatic carbocycles.